The first-order valence-corrected chi connectivity index (χ1v) is 6.64. The number of anilines is 1. The maximum atomic E-state index is 10.0. The van der Waals surface area contributed by atoms with E-state index in [1.807, 2.05) is 51.1 Å². The van der Waals surface area contributed by atoms with Crippen molar-refractivity contribution in [2.24, 2.45) is 0 Å². The van der Waals surface area contributed by atoms with E-state index in [1.54, 1.807) is 0 Å². The Morgan fingerprint density at radius 1 is 1.05 bits per heavy atom. The summed E-state index contributed by atoms with van der Waals surface area (Å²) < 4.78 is 0. The van der Waals surface area contributed by atoms with Gasteiger partial charge in [0.1, 0.15) is 5.75 Å². The summed E-state index contributed by atoms with van der Waals surface area (Å²) in [7, 11) is 0. The number of rotatable bonds is 3. The van der Waals surface area contributed by atoms with Crippen LogP contribution in [0.25, 0.3) is 0 Å². The molecule has 2 aromatic carbocycles. The summed E-state index contributed by atoms with van der Waals surface area (Å²) in [6, 6.07) is 9.83. The van der Waals surface area contributed by atoms with E-state index in [0.29, 0.717) is 12.3 Å². The van der Waals surface area contributed by atoms with Gasteiger partial charge in [-0.15, -0.1) is 0 Å². The molecule has 2 rings (SSSR count). The third kappa shape index (κ3) is 3.21. The second-order valence-corrected chi connectivity index (χ2v) is 5.31. The molecule has 0 unspecified atom stereocenters. The number of phenols is 1. The molecule has 0 amide bonds. The Balaban J connectivity index is 2.16. The molecular formula is C16H18ClNO. The number of aromatic hydroxyl groups is 1. The molecule has 19 heavy (non-hydrogen) atoms. The molecule has 0 heterocycles. The van der Waals surface area contributed by atoms with Crippen LogP contribution < -0.4 is 5.32 Å². The van der Waals surface area contributed by atoms with Crippen LogP contribution in [0.2, 0.25) is 5.02 Å². The number of aryl methyl sites for hydroxylation is 3. The molecule has 3 heteroatoms. The lowest BCUT2D eigenvalue weighted by atomic mass is 10.1. The highest BCUT2D eigenvalue weighted by Gasteiger charge is 2.06. The number of benzene rings is 2. The van der Waals surface area contributed by atoms with Gasteiger partial charge >= 0.3 is 0 Å². The first-order valence-electron chi connectivity index (χ1n) is 6.26. The van der Waals surface area contributed by atoms with E-state index in [4.69, 9.17) is 11.6 Å². The van der Waals surface area contributed by atoms with Crippen LogP contribution in [0.15, 0.2) is 30.3 Å². The summed E-state index contributed by atoms with van der Waals surface area (Å²) in [5.41, 5.74) is 4.96. The summed E-state index contributed by atoms with van der Waals surface area (Å²) in [6.45, 7) is 6.49. The van der Waals surface area contributed by atoms with Crippen LogP contribution >= 0.6 is 11.6 Å². The van der Waals surface area contributed by atoms with Crippen LogP contribution in [0.1, 0.15) is 22.3 Å². The van der Waals surface area contributed by atoms with Crippen molar-refractivity contribution in [2.45, 2.75) is 27.3 Å². The second-order valence-electron chi connectivity index (χ2n) is 4.91. The summed E-state index contributed by atoms with van der Waals surface area (Å²) in [5.74, 6) is 0.358. The molecule has 0 saturated carbocycles. The molecule has 0 aliphatic rings. The van der Waals surface area contributed by atoms with Crippen molar-refractivity contribution in [3.63, 3.8) is 0 Å². The van der Waals surface area contributed by atoms with Gasteiger partial charge < -0.3 is 10.4 Å². The second kappa shape index (κ2) is 5.54. The minimum Gasteiger partial charge on any atom is -0.507 e. The SMILES string of the molecule is Cc1cc(C)c(O)c(CNc2ccc(C)c(Cl)c2)c1. The molecule has 0 radical (unpaired) electrons. The Morgan fingerprint density at radius 2 is 1.79 bits per heavy atom. The summed E-state index contributed by atoms with van der Waals surface area (Å²) >= 11 is 6.09. The predicted octanol–water partition coefficient (Wildman–Crippen LogP) is 4.58. The molecule has 2 N–H and O–H groups in total. The molecule has 0 bridgehead atoms. The molecule has 0 aliphatic carbocycles. The van der Waals surface area contributed by atoms with Gasteiger partial charge in [-0.2, -0.15) is 0 Å². The zero-order valence-electron chi connectivity index (χ0n) is 11.4. The molecule has 0 atom stereocenters. The standard InChI is InChI=1S/C16H18ClNO/c1-10-6-12(3)16(19)13(7-10)9-18-14-5-4-11(2)15(17)8-14/h4-8,18-19H,9H2,1-3H3. The summed E-state index contributed by atoms with van der Waals surface area (Å²) in [5, 5.41) is 14.1. The summed E-state index contributed by atoms with van der Waals surface area (Å²) in [6.07, 6.45) is 0. The molecule has 2 aromatic rings. The first-order chi connectivity index (χ1) is 8.97. The van der Waals surface area contributed by atoms with Gasteiger partial charge in [0.15, 0.2) is 0 Å². The lowest BCUT2D eigenvalue weighted by Crippen LogP contribution is -2.01. The molecule has 0 fully saturated rings. The van der Waals surface area contributed by atoms with E-state index in [1.165, 1.54) is 0 Å². The van der Waals surface area contributed by atoms with Crippen molar-refractivity contribution in [2.75, 3.05) is 5.32 Å². The highest BCUT2D eigenvalue weighted by molar-refractivity contribution is 6.31. The summed E-state index contributed by atoms with van der Waals surface area (Å²) in [4.78, 5) is 0. The number of phenolic OH excluding ortho intramolecular Hbond substituents is 1. The first kappa shape index (κ1) is 13.8. The Hall–Kier alpha value is -1.67. The minimum absolute atomic E-state index is 0.358. The molecule has 0 aliphatic heterocycles. The Morgan fingerprint density at radius 3 is 2.47 bits per heavy atom. The Labute approximate surface area is 119 Å². The minimum atomic E-state index is 0.358. The van der Waals surface area contributed by atoms with Crippen molar-refractivity contribution < 1.29 is 5.11 Å². The van der Waals surface area contributed by atoms with Gasteiger partial charge in [0.2, 0.25) is 0 Å². The average molecular weight is 276 g/mol. The fourth-order valence-corrected chi connectivity index (χ4v) is 2.26. The number of hydrogen-bond acceptors (Lipinski definition) is 2. The monoisotopic (exact) mass is 275 g/mol. The van der Waals surface area contributed by atoms with Crippen LogP contribution in [-0.2, 0) is 6.54 Å². The highest BCUT2D eigenvalue weighted by Crippen LogP contribution is 2.25. The molecule has 100 valence electrons. The Kier molecular flexibility index (Phi) is 4.01. The predicted molar refractivity (Wildman–Crippen MR) is 81.1 cm³/mol. The van der Waals surface area contributed by atoms with Gasteiger partial charge in [0, 0.05) is 22.8 Å². The highest BCUT2D eigenvalue weighted by atomic mass is 35.5. The van der Waals surface area contributed by atoms with Gasteiger partial charge in [-0.1, -0.05) is 35.4 Å². The average Bonchev–Trinajstić information content (AvgIpc) is 2.36. The van der Waals surface area contributed by atoms with Crippen LogP contribution in [-0.4, -0.2) is 5.11 Å². The third-order valence-corrected chi connectivity index (χ3v) is 3.59. The maximum Gasteiger partial charge on any atom is 0.123 e. The van der Waals surface area contributed by atoms with Crippen molar-refractivity contribution in [1.29, 1.82) is 0 Å². The fraction of sp³-hybridized carbons (Fsp3) is 0.250. The van der Waals surface area contributed by atoms with Gasteiger partial charge in [-0.3, -0.25) is 0 Å². The van der Waals surface area contributed by atoms with Crippen molar-refractivity contribution >= 4 is 17.3 Å². The van der Waals surface area contributed by atoms with Crippen molar-refractivity contribution in [3.05, 3.63) is 57.6 Å². The molecular weight excluding hydrogens is 258 g/mol. The maximum absolute atomic E-state index is 10.0. The van der Waals surface area contributed by atoms with E-state index < -0.39 is 0 Å². The van der Waals surface area contributed by atoms with Gasteiger partial charge in [-0.25, -0.2) is 0 Å². The van der Waals surface area contributed by atoms with Crippen LogP contribution in [0.4, 0.5) is 5.69 Å². The number of hydrogen-bond donors (Lipinski definition) is 2. The quantitative estimate of drug-likeness (QED) is 0.859. The molecule has 0 aromatic heterocycles. The van der Waals surface area contributed by atoms with E-state index >= 15 is 0 Å². The zero-order chi connectivity index (χ0) is 14.0. The van der Waals surface area contributed by atoms with E-state index in [2.05, 4.69) is 5.32 Å². The van der Waals surface area contributed by atoms with E-state index in [9.17, 15) is 5.11 Å². The number of nitrogens with one attached hydrogen (secondary N) is 1. The van der Waals surface area contributed by atoms with Gasteiger partial charge in [-0.05, 0) is 44.0 Å². The smallest absolute Gasteiger partial charge is 0.123 e. The fourth-order valence-electron chi connectivity index (χ4n) is 2.08. The van der Waals surface area contributed by atoms with E-state index in [0.717, 1.165) is 33.0 Å². The van der Waals surface area contributed by atoms with Crippen molar-refractivity contribution in [3.8, 4) is 5.75 Å². The normalized spacial score (nSPS) is 10.5. The van der Waals surface area contributed by atoms with Crippen LogP contribution in [0.3, 0.4) is 0 Å². The third-order valence-electron chi connectivity index (χ3n) is 3.18. The number of halogens is 1. The van der Waals surface area contributed by atoms with Gasteiger partial charge in [0.05, 0.1) is 0 Å². The lowest BCUT2D eigenvalue weighted by molar-refractivity contribution is 0.464. The van der Waals surface area contributed by atoms with Gasteiger partial charge in [0.25, 0.3) is 0 Å². The van der Waals surface area contributed by atoms with E-state index in [-0.39, 0.29) is 0 Å². The van der Waals surface area contributed by atoms with Crippen molar-refractivity contribution in [1.82, 2.24) is 0 Å². The zero-order valence-corrected chi connectivity index (χ0v) is 12.2. The van der Waals surface area contributed by atoms with Crippen LogP contribution in [0, 0.1) is 20.8 Å². The largest absolute Gasteiger partial charge is 0.507 e. The Bertz CT molecular complexity index is 608. The lowest BCUT2D eigenvalue weighted by Gasteiger charge is -2.12. The molecule has 0 spiro atoms. The molecule has 2 nitrogen and oxygen atoms in total. The van der Waals surface area contributed by atoms with Crippen LogP contribution in [0.5, 0.6) is 5.75 Å². The topological polar surface area (TPSA) is 32.3 Å². The molecule has 0 saturated heterocycles.